The van der Waals surface area contributed by atoms with Crippen LogP contribution < -0.4 is 5.32 Å². The Labute approximate surface area is 114 Å². The predicted molar refractivity (Wildman–Crippen MR) is 74.1 cm³/mol. The van der Waals surface area contributed by atoms with Crippen LogP contribution in [0.15, 0.2) is 29.6 Å². The Morgan fingerprint density at radius 3 is 2.74 bits per heavy atom. The molecule has 0 aliphatic carbocycles. The van der Waals surface area contributed by atoms with E-state index in [0.717, 1.165) is 10.9 Å². The van der Waals surface area contributed by atoms with Gasteiger partial charge in [0.05, 0.1) is 11.0 Å². The first-order valence-electron chi connectivity index (χ1n) is 5.73. The summed E-state index contributed by atoms with van der Waals surface area (Å²) in [6.07, 6.45) is 0. The predicted octanol–water partition coefficient (Wildman–Crippen LogP) is 4.28. The normalized spacial score (nSPS) is 12.2. The summed E-state index contributed by atoms with van der Waals surface area (Å²) in [5.74, 6) is -0.824. The van der Waals surface area contributed by atoms with Crippen molar-refractivity contribution in [1.29, 1.82) is 0 Å². The number of benzene rings is 1. The third-order valence-electron chi connectivity index (χ3n) is 2.82. The molecule has 19 heavy (non-hydrogen) atoms. The number of nitro benzene ring substituents is 1. The molecule has 0 bridgehead atoms. The molecule has 2 aromatic rings. The molecule has 0 aliphatic heterocycles. The van der Waals surface area contributed by atoms with Gasteiger partial charge in [0.25, 0.3) is 0 Å². The highest BCUT2D eigenvalue weighted by Gasteiger charge is 2.16. The van der Waals surface area contributed by atoms with Gasteiger partial charge < -0.3 is 5.32 Å². The Balaban J connectivity index is 2.22. The summed E-state index contributed by atoms with van der Waals surface area (Å²) in [5.41, 5.74) is 1.19. The number of anilines is 1. The number of aryl methyl sites for hydroxylation is 1. The van der Waals surface area contributed by atoms with Crippen LogP contribution in [0.3, 0.4) is 0 Å². The second kappa shape index (κ2) is 5.36. The monoisotopic (exact) mass is 280 g/mol. The third kappa shape index (κ3) is 2.90. The minimum atomic E-state index is -0.824. The number of nitrogens with one attached hydrogen (secondary N) is 1. The molecule has 0 amide bonds. The van der Waals surface area contributed by atoms with E-state index in [9.17, 15) is 14.5 Å². The lowest BCUT2D eigenvalue weighted by molar-refractivity contribution is -0.387. The van der Waals surface area contributed by atoms with Crippen LogP contribution in [0.25, 0.3) is 0 Å². The fraction of sp³-hybridized carbons (Fsp3) is 0.231. The molecule has 1 aromatic heterocycles. The lowest BCUT2D eigenvalue weighted by Gasteiger charge is -2.14. The zero-order chi connectivity index (χ0) is 14.0. The molecule has 1 unspecified atom stereocenters. The maximum absolute atomic E-state index is 13.2. The summed E-state index contributed by atoms with van der Waals surface area (Å²) >= 11 is 1.62. The molecule has 0 saturated carbocycles. The maximum Gasteiger partial charge on any atom is 0.306 e. The standard InChI is InChI=1S/C13H13FN2O2S/c1-8-5-6-19-13(8)9(2)15-10-3-4-11(14)12(7-10)16(17)18/h3-7,9,15H,1-2H3. The van der Waals surface area contributed by atoms with Gasteiger partial charge in [-0.15, -0.1) is 11.3 Å². The molecular weight excluding hydrogens is 267 g/mol. The van der Waals surface area contributed by atoms with Gasteiger partial charge in [-0.05, 0) is 43.0 Å². The van der Waals surface area contributed by atoms with Crippen molar-refractivity contribution in [3.8, 4) is 0 Å². The highest BCUT2D eigenvalue weighted by molar-refractivity contribution is 7.10. The quantitative estimate of drug-likeness (QED) is 0.672. The van der Waals surface area contributed by atoms with E-state index in [1.165, 1.54) is 17.7 Å². The largest absolute Gasteiger partial charge is 0.377 e. The first-order valence-corrected chi connectivity index (χ1v) is 6.61. The molecule has 1 aromatic carbocycles. The minimum absolute atomic E-state index is 0.0186. The third-order valence-corrected chi connectivity index (χ3v) is 4.02. The van der Waals surface area contributed by atoms with E-state index in [-0.39, 0.29) is 6.04 Å². The van der Waals surface area contributed by atoms with Crippen molar-refractivity contribution in [2.24, 2.45) is 0 Å². The van der Waals surface area contributed by atoms with E-state index in [1.807, 2.05) is 25.3 Å². The summed E-state index contributed by atoms with van der Waals surface area (Å²) in [7, 11) is 0. The highest BCUT2D eigenvalue weighted by atomic mass is 32.1. The Hall–Kier alpha value is -1.95. The summed E-state index contributed by atoms with van der Waals surface area (Å²) in [6.45, 7) is 3.98. The van der Waals surface area contributed by atoms with Gasteiger partial charge in [-0.25, -0.2) is 0 Å². The zero-order valence-corrected chi connectivity index (χ0v) is 11.3. The molecule has 1 heterocycles. The van der Waals surface area contributed by atoms with Crippen molar-refractivity contribution >= 4 is 22.7 Å². The second-order valence-electron chi connectivity index (χ2n) is 4.26. The van der Waals surface area contributed by atoms with E-state index >= 15 is 0 Å². The van der Waals surface area contributed by atoms with Crippen molar-refractivity contribution in [2.45, 2.75) is 19.9 Å². The lowest BCUT2D eigenvalue weighted by atomic mass is 10.1. The van der Waals surface area contributed by atoms with Crippen LogP contribution in [-0.4, -0.2) is 4.92 Å². The number of rotatable bonds is 4. The highest BCUT2D eigenvalue weighted by Crippen LogP contribution is 2.29. The van der Waals surface area contributed by atoms with Crippen LogP contribution >= 0.6 is 11.3 Å². The summed E-state index contributed by atoms with van der Waals surface area (Å²) in [4.78, 5) is 11.1. The number of nitrogens with zero attached hydrogens (tertiary/aromatic N) is 1. The lowest BCUT2D eigenvalue weighted by Crippen LogP contribution is -2.06. The maximum atomic E-state index is 13.2. The SMILES string of the molecule is Cc1ccsc1C(C)Nc1ccc(F)c([N+](=O)[O-])c1. The summed E-state index contributed by atoms with van der Waals surface area (Å²) in [6, 6.07) is 5.86. The van der Waals surface area contributed by atoms with Gasteiger partial charge in [-0.3, -0.25) is 10.1 Å². The van der Waals surface area contributed by atoms with Gasteiger partial charge in [-0.1, -0.05) is 0 Å². The van der Waals surface area contributed by atoms with Crippen LogP contribution in [0, 0.1) is 22.9 Å². The molecule has 2 rings (SSSR count). The fourth-order valence-corrected chi connectivity index (χ4v) is 2.82. The van der Waals surface area contributed by atoms with Gasteiger partial charge in [0.2, 0.25) is 5.82 Å². The Kier molecular flexibility index (Phi) is 3.80. The number of thiophene rings is 1. The Bertz CT molecular complexity index is 612. The number of nitro groups is 1. The fourth-order valence-electron chi connectivity index (χ4n) is 1.89. The second-order valence-corrected chi connectivity index (χ2v) is 5.20. The summed E-state index contributed by atoms with van der Waals surface area (Å²) in [5, 5.41) is 15.8. The number of hydrogen-bond acceptors (Lipinski definition) is 4. The molecule has 0 aliphatic rings. The number of halogens is 1. The van der Waals surface area contributed by atoms with E-state index < -0.39 is 16.4 Å². The van der Waals surface area contributed by atoms with Gasteiger partial charge in [0, 0.05) is 16.6 Å². The average Bonchev–Trinajstić information content (AvgIpc) is 2.77. The van der Waals surface area contributed by atoms with Crippen molar-refractivity contribution in [1.82, 2.24) is 0 Å². The molecule has 1 atom stereocenters. The minimum Gasteiger partial charge on any atom is -0.377 e. The van der Waals surface area contributed by atoms with Crippen molar-refractivity contribution < 1.29 is 9.31 Å². The van der Waals surface area contributed by atoms with E-state index in [2.05, 4.69) is 5.32 Å². The van der Waals surface area contributed by atoms with E-state index in [4.69, 9.17) is 0 Å². The molecule has 0 saturated heterocycles. The molecule has 100 valence electrons. The van der Waals surface area contributed by atoms with Crippen LogP contribution in [0.2, 0.25) is 0 Å². The van der Waals surface area contributed by atoms with Crippen LogP contribution in [-0.2, 0) is 0 Å². The van der Waals surface area contributed by atoms with Crippen LogP contribution in [0.1, 0.15) is 23.4 Å². The van der Waals surface area contributed by atoms with Gasteiger partial charge in [0.1, 0.15) is 0 Å². The average molecular weight is 280 g/mol. The molecule has 0 radical (unpaired) electrons. The van der Waals surface area contributed by atoms with Crippen LogP contribution in [0.5, 0.6) is 0 Å². The topological polar surface area (TPSA) is 55.2 Å². The molecule has 6 heteroatoms. The molecular formula is C13H13FN2O2S. The molecule has 0 spiro atoms. The molecule has 1 N–H and O–H groups in total. The first-order chi connectivity index (χ1) is 8.99. The molecule has 0 fully saturated rings. The van der Waals surface area contributed by atoms with Crippen molar-refractivity contribution in [3.63, 3.8) is 0 Å². The summed E-state index contributed by atoms with van der Waals surface area (Å²) < 4.78 is 13.2. The van der Waals surface area contributed by atoms with Gasteiger partial charge in [-0.2, -0.15) is 4.39 Å². The van der Waals surface area contributed by atoms with Crippen molar-refractivity contribution in [3.05, 3.63) is 56.0 Å². The molecule has 4 nitrogen and oxygen atoms in total. The van der Waals surface area contributed by atoms with E-state index in [0.29, 0.717) is 5.69 Å². The van der Waals surface area contributed by atoms with E-state index in [1.54, 1.807) is 11.3 Å². The van der Waals surface area contributed by atoms with Crippen molar-refractivity contribution in [2.75, 3.05) is 5.32 Å². The van der Waals surface area contributed by atoms with Crippen LogP contribution in [0.4, 0.5) is 15.8 Å². The first kappa shape index (κ1) is 13.5. The Morgan fingerprint density at radius 1 is 1.42 bits per heavy atom. The zero-order valence-electron chi connectivity index (χ0n) is 10.5. The van der Waals surface area contributed by atoms with Gasteiger partial charge in [0.15, 0.2) is 0 Å². The smallest absolute Gasteiger partial charge is 0.306 e. The number of hydrogen-bond donors (Lipinski definition) is 1. The Morgan fingerprint density at radius 2 is 2.16 bits per heavy atom. The van der Waals surface area contributed by atoms with Gasteiger partial charge >= 0.3 is 5.69 Å².